The van der Waals surface area contributed by atoms with Crippen molar-refractivity contribution in [2.75, 3.05) is 0 Å². The summed E-state index contributed by atoms with van der Waals surface area (Å²) in [5.74, 6) is 0. The second kappa shape index (κ2) is 7.11. The molecule has 1 aliphatic carbocycles. The monoisotopic (exact) mass is 224 g/mol. The van der Waals surface area contributed by atoms with Gasteiger partial charge in [0.2, 0.25) is 0 Å². The van der Waals surface area contributed by atoms with Crippen LogP contribution in [0.3, 0.4) is 0 Å². The summed E-state index contributed by atoms with van der Waals surface area (Å²) in [7, 11) is 0. The minimum Gasteiger partial charge on any atom is -0.386 e. The van der Waals surface area contributed by atoms with Crippen LogP contribution in [-0.2, 0) is 0 Å². The second-order valence-electron chi connectivity index (χ2n) is 5.66. The van der Waals surface area contributed by atoms with Crippen LogP contribution in [-0.4, -0.2) is 10.7 Å². The molecule has 0 aromatic rings. The molecule has 0 spiro atoms. The first kappa shape index (κ1) is 13.8. The van der Waals surface area contributed by atoms with Gasteiger partial charge in [-0.2, -0.15) is 0 Å². The zero-order valence-electron chi connectivity index (χ0n) is 11.1. The Labute approximate surface area is 101 Å². The Bertz CT molecular complexity index is 210. The first-order valence-electron chi connectivity index (χ1n) is 7.02. The van der Waals surface area contributed by atoms with Gasteiger partial charge in [0, 0.05) is 0 Å². The molecule has 16 heavy (non-hydrogen) atoms. The fourth-order valence-corrected chi connectivity index (χ4v) is 2.45. The van der Waals surface area contributed by atoms with Crippen LogP contribution in [0.1, 0.15) is 78.1 Å². The summed E-state index contributed by atoms with van der Waals surface area (Å²) in [6, 6.07) is 0. The molecule has 0 fully saturated rings. The van der Waals surface area contributed by atoms with Gasteiger partial charge in [-0.3, -0.25) is 0 Å². The Morgan fingerprint density at radius 1 is 0.875 bits per heavy atom. The number of rotatable bonds is 1. The summed E-state index contributed by atoms with van der Waals surface area (Å²) < 4.78 is 0. The van der Waals surface area contributed by atoms with Crippen molar-refractivity contribution in [3.05, 3.63) is 11.6 Å². The van der Waals surface area contributed by atoms with Crippen LogP contribution in [0.4, 0.5) is 0 Å². The van der Waals surface area contributed by atoms with E-state index in [4.69, 9.17) is 0 Å². The van der Waals surface area contributed by atoms with Gasteiger partial charge in [0.15, 0.2) is 0 Å². The number of hydrogen-bond acceptors (Lipinski definition) is 1. The van der Waals surface area contributed by atoms with E-state index >= 15 is 0 Å². The van der Waals surface area contributed by atoms with Crippen LogP contribution in [0.25, 0.3) is 0 Å². The predicted molar refractivity (Wildman–Crippen MR) is 70.6 cm³/mol. The molecule has 0 saturated carbocycles. The Hall–Kier alpha value is -0.300. The lowest BCUT2D eigenvalue weighted by molar-refractivity contribution is 0.115. The summed E-state index contributed by atoms with van der Waals surface area (Å²) in [6.45, 7) is 3.84. The van der Waals surface area contributed by atoms with Crippen LogP contribution in [0.15, 0.2) is 11.6 Å². The summed E-state index contributed by atoms with van der Waals surface area (Å²) >= 11 is 0. The third-order valence-corrected chi connectivity index (χ3v) is 3.58. The van der Waals surface area contributed by atoms with Crippen LogP contribution in [0, 0.1) is 0 Å². The molecule has 1 N–H and O–H groups in total. The highest BCUT2D eigenvalue weighted by molar-refractivity contribution is 5.13. The molecule has 0 atom stereocenters. The SMILES string of the molecule is CC(C)(O)C1=CCCCCCCCCCC1. The summed E-state index contributed by atoms with van der Waals surface area (Å²) in [5, 5.41) is 10.1. The van der Waals surface area contributed by atoms with Crippen LogP contribution >= 0.6 is 0 Å². The van der Waals surface area contributed by atoms with Crippen molar-refractivity contribution in [2.45, 2.75) is 83.7 Å². The molecule has 1 rings (SSSR count). The molecule has 0 bridgehead atoms. The highest BCUT2D eigenvalue weighted by Gasteiger charge is 2.18. The average molecular weight is 224 g/mol. The van der Waals surface area contributed by atoms with Gasteiger partial charge >= 0.3 is 0 Å². The molecule has 94 valence electrons. The predicted octanol–water partition coefficient (Wildman–Crippen LogP) is 4.60. The molecule has 0 saturated heterocycles. The van der Waals surface area contributed by atoms with E-state index in [1.165, 1.54) is 56.9 Å². The van der Waals surface area contributed by atoms with Gasteiger partial charge in [0.25, 0.3) is 0 Å². The van der Waals surface area contributed by atoms with Crippen molar-refractivity contribution in [1.29, 1.82) is 0 Å². The molecule has 0 unspecified atom stereocenters. The number of hydrogen-bond donors (Lipinski definition) is 1. The lowest BCUT2D eigenvalue weighted by Crippen LogP contribution is -2.22. The van der Waals surface area contributed by atoms with Gasteiger partial charge in [0.05, 0.1) is 5.60 Å². The van der Waals surface area contributed by atoms with E-state index in [-0.39, 0.29) is 0 Å². The molecular weight excluding hydrogens is 196 g/mol. The average Bonchev–Trinajstić information content (AvgIpc) is 2.16. The van der Waals surface area contributed by atoms with Crippen molar-refractivity contribution in [1.82, 2.24) is 0 Å². The first-order valence-corrected chi connectivity index (χ1v) is 7.02. The maximum Gasteiger partial charge on any atom is 0.0800 e. The smallest absolute Gasteiger partial charge is 0.0800 e. The minimum absolute atomic E-state index is 0.607. The van der Waals surface area contributed by atoms with Gasteiger partial charge in [-0.1, -0.05) is 44.6 Å². The molecule has 1 nitrogen and oxygen atoms in total. The lowest BCUT2D eigenvalue weighted by Gasteiger charge is -2.22. The van der Waals surface area contributed by atoms with E-state index in [0.717, 1.165) is 12.8 Å². The van der Waals surface area contributed by atoms with Gasteiger partial charge in [-0.15, -0.1) is 0 Å². The maximum absolute atomic E-state index is 10.1. The standard InChI is InChI=1S/C15H28O/c1-15(2,16)14-12-10-8-6-4-3-5-7-9-11-13-14/h12,16H,3-11,13H2,1-2H3. The van der Waals surface area contributed by atoms with E-state index in [9.17, 15) is 5.11 Å². The third kappa shape index (κ3) is 5.69. The Kier molecular flexibility index (Phi) is 6.12. The molecule has 0 aromatic carbocycles. The Morgan fingerprint density at radius 3 is 1.94 bits per heavy atom. The van der Waals surface area contributed by atoms with Gasteiger partial charge in [0.1, 0.15) is 0 Å². The van der Waals surface area contributed by atoms with Crippen molar-refractivity contribution < 1.29 is 5.11 Å². The number of allylic oxidation sites excluding steroid dienone is 1. The molecule has 1 heteroatoms. The topological polar surface area (TPSA) is 20.2 Å². The van der Waals surface area contributed by atoms with E-state index in [1.807, 2.05) is 13.8 Å². The molecule has 0 radical (unpaired) electrons. The third-order valence-electron chi connectivity index (χ3n) is 3.58. The fourth-order valence-electron chi connectivity index (χ4n) is 2.45. The molecule has 1 aliphatic rings. The highest BCUT2D eigenvalue weighted by atomic mass is 16.3. The zero-order chi connectivity index (χ0) is 11.9. The van der Waals surface area contributed by atoms with E-state index < -0.39 is 5.60 Å². The lowest BCUT2D eigenvalue weighted by atomic mass is 9.91. The molecule has 0 aromatic heterocycles. The van der Waals surface area contributed by atoms with Crippen molar-refractivity contribution in [3.63, 3.8) is 0 Å². The molecule has 0 heterocycles. The van der Waals surface area contributed by atoms with E-state index in [2.05, 4.69) is 6.08 Å². The minimum atomic E-state index is -0.607. The van der Waals surface area contributed by atoms with Gasteiger partial charge in [-0.25, -0.2) is 0 Å². The normalized spacial score (nSPS) is 21.8. The Balaban J connectivity index is 2.50. The fraction of sp³-hybridized carbons (Fsp3) is 0.867. The highest BCUT2D eigenvalue weighted by Crippen LogP contribution is 2.24. The van der Waals surface area contributed by atoms with E-state index in [0.29, 0.717) is 0 Å². The zero-order valence-corrected chi connectivity index (χ0v) is 11.1. The van der Waals surface area contributed by atoms with Crippen molar-refractivity contribution in [3.8, 4) is 0 Å². The Morgan fingerprint density at radius 2 is 1.38 bits per heavy atom. The second-order valence-corrected chi connectivity index (χ2v) is 5.66. The van der Waals surface area contributed by atoms with Crippen molar-refractivity contribution >= 4 is 0 Å². The molecule has 0 amide bonds. The number of aliphatic hydroxyl groups is 1. The molecular formula is C15H28O. The quantitative estimate of drug-likeness (QED) is 0.645. The summed E-state index contributed by atoms with van der Waals surface area (Å²) in [4.78, 5) is 0. The van der Waals surface area contributed by atoms with Crippen LogP contribution in [0.2, 0.25) is 0 Å². The first-order chi connectivity index (χ1) is 7.61. The largest absolute Gasteiger partial charge is 0.386 e. The molecule has 0 aliphatic heterocycles. The van der Waals surface area contributed by atoms with Gasteiger partial charge in [-0.05, 0) is 45.1 Å². The van der Waals surface area contributed by atoms with Crippen LogP contribution in [0.5, 0.6) is 0 Å². The maximum atomic E-state index is 10.1. The summed E-state index contributed by atoms with van der Waals surface area (Å²) in [5.41, 5.74) is 0.650. The summed E-state index contributed by atoms with van der Waals surface area (Å²) in [6.07, 6.45) is 15.3. The van der Waals surface area contributed by atoms with Crippen LogP contribution < -0.4 is 0 Å². The van der Waals surface area contributed by atoms with Gasteiger partial charge < -0.3 is 5.11 Å². The van der Waals surface area contributed by atoms with E-state index in [1.54, 1.807) is 0 Å². The van der Waals surface area contributed by atoms with Crippen molar-refractivity contribution in [2.24, 2.45) is 0 Å².